The first-order chi connectivity index (χ1) is 25.7. The molecule has 6 aromatic rings. The summed E-state index contributed by atoms with van der Waals surface area (Å²) in [5.74, 6) is -2.46. The number of nitrogens with zero attached hydrogens (tertiary/aromatic N) is 4. The molecule has 0 amide bonds. The van der Waals surface area contributed by atoms with E-state index in [-0.39, 0.29) is 16.3 Å². The number of halogens is 2. The molecule has 3 heterocycles. The minimum Gasteiger partial charge on any atom is -0.497 e. The van der Waals surface area contributed by atoms with Gasteiger partial charge in [0.15, 0.2) is 23.0 Å². The number of fused-ring (bicyclic) bond motifs is 1. The van der Waals surface area contributed by atoms with E-state index in [1.807, 2.05) is 121 Å². The van der Waals surface area contributed by atoms with Gasteiger partial charge in [-0.15, -0.1) is 0 Å². The third-order valence-corrected chi connectivity index (χ3v) is 11.0. The molecular formula is C41H39FIN5O5. The van der Waals surface area contributed by atoms with Gasteiger partial charge in [0.05, 0.1) is 36.0 Å². The normalized spacial score (nSPS) is 21.3. The van der Waals surface area contributed by atoms with Crippen molar-refractivity contribution in [3.05, 3.63) is 144 Å². The maximum Gasteiger partial charge on any atom is 0.338 e. The summed E-state index contributed by atoms with van der Waals surface area (Å²) in [6.45, 7) is 5.52. The predicted octanol–water partition coefficient (Wildman–Crippen LogP) is 8.52. The van der Waals surface area contributed by atoms with Crippen LogP contribution in [0.2, 0.25) is 0 Å². The van der Waals surface area contributed by atoms with Gasteiger partial charge in [-0.2, -0.15) is 9.97 Å². The van der Waals surface area contributed by atoms with Crippen LogP contribution in [0, 0.1) is 5.92 Å². The lowest BCUT2D eigenvalue weighted by atomic mass is 9.77. The van der Waals surface area contributed by atoms with Crippen molar-refractivity contribution in [2.24, 2.45) is 5.92 Å². The summed E-state index contributed by atoms with van der Waals surface area (Å²) in [6.07, 6.45) is 0.351. The van der Waals surface area contributed by atoms with Gasteiger partial charge in [0.25, 0.3) is 0 Å². The highest BCUT2D eigenvalue weighted by Crippen LogP contribution is 2.53. The number of anilines is 1. The van der Waals surface area contributed by atoms with Crippen molar-refractivity contribution >= 4 is 45.7 Å². The molecule has 53 heavy (non-hydrogen) atoms. The quantitative estimate of drug-likeness (QED) is 0.0562. The van der Waals surface area contributed by atoms with Crippen molar-refractivity contribution in [2.75, 3.05) is 23.5 Å². The van der Waals surface area contributed by atoms with Gasteiger partial charge >= 0.3 is 5.97 Å². The Labute approximate surface area is 320 Å². The zero-order valence-corrected chi connectivity index (χ0v) is 31.9. The highest BCUT2D eigenvalue weighted by atomic mass is 127. The average Bonchev–Trinajstić information content (AvgIpc) is 3.71. The minimum absolute atomic E-state index is 0.00193. The lowest BCUT2D eigenvalue weighted by molar-refractivity contribution is -0.156. The fourth-order valence-electron chi connectivity index (χ4n) is 6.96. The maximum atomic E-state index is 16.6. The molecule has 1 aliphatic rings. The summed E-state index contributed by atoms with van der Waals surface area (Å²) < 4.78 is 42.2. The minimum atomic E-state index is -2.13. The SMILES string of the molecule is CCOc1nc(NC(c2ccccc2)(c2ccccc2)c2ccc(OC)cc2)nc2c1ncn2[C@@H]1O[C@](F)(CI)[C@@H](C)[C@@]1(C)OC(=O)c1ccccc1. The van der Waals surface area contributed by atoms with Gasteiger partial charge in [0, 0.05) is 0 Å². The first kappa shape index (κ1) is 36.3. The molecular weight excluding hydrogens is 788 g/mol. The summed E-state index contributed by atoms with van der Waals surface area (Å²) in [5.41, 5.74) is 1.22. The molecule has 0 unspecified atom stereocenters. The molecule has 4 atom stereocenters. The number of aromatic nitrogens is 4. The number of rotatable bonds is 12. The molecule has 1 fully saturated rings. The van der Waals surface area contributed by atoms with E-state index in [0.29, 0.717) is 29.1 Å². The van der Waals surface area contributed by atoms with Crippen LogP contribution in [0.3, 0.4) is 0 Å². The van der Waals surface area contributed by atoms with E-state index in [9.17, 15) is 4.79 Å². The summed E-state index contributed by atoms with van der Waals surface area (Å²) in [7, 11) is 1.63. The van der Waals surface area contributed by atoms with Crippen LogP contribution in [0.15, 0.2) is 122 Å². The Balaban J connectivity index is 1.41. The number of carbonyl (C=O) groups excluding carboxylic acids is 1. The third-order valence-electron chi connectivity index (χ3n) is 9.97. The largest absolute Gasteiger partial charge is 0.497 e. The zero-order valence-electron chi connectivity index (χ0n) is 29.7. The number of benzene rings is 4. The number of methoxy groups -OCH3 is 1. The van der Waals surface area contributed by atoms with Gasteiger partial charge in [-0.3, -0.25) is 4.57 Å². The van der Waals surface area contributed by atoms with E-state index >= 15 is 4.39 Å². The number of alkyl halides is 2. The molecule has 12 heteroatoms. The van der Waals surface area contributed by atoms with Gasteiger partial charge in [0.2, 0.25) is 17.7 Å². The number of carbonyl (C=O) groups is 1. The van der Waals surface area contributed by atoms with Gasteiger partial charge < -0.3 is 24.3 Å². The van der Waals surface area contributed by atoms with Crippen molar-refractivity contribution in [1.82, 2.24) is 19.5 Å². The van der Waals surface area contributed by atoms with Crippen LogP contribution in [0.5, 0.6) is 11.6 Å². The molecule has 272 valence electrons. The zero-order chi connectivity index (χ0) is 37.2. The van der Waals surface area contributed by atoms with Gasteiger partial charge in [-0.25, -0.2) is 14.2 Å². The van der Waals surface area contributed by atoms with Crippen LogP contribution in [0.4, 0.5) is 10.3 Å². The van der Waals surface area contributed by atoms with Crippen molar-refractivity contribution in [3.63, 3.8) is 0 Å². The topological polar surface area (TPSA) is 110 Å². The van der Waals surface area contributed by atoms with Crippen molar-refractivity contribution in [2.45, 2.75) is 44.0 Å². The van der Waals surface area contributed by atoms with E-state index in [1.54, 1.807) is 49.8 Å². The van der Waals surface area contributed by atoms with E-state index in [4.69, 9.17) is 28.9 Å². The molecule has 1 aliphatic heterocycles. The summed E-state index contributed by atoms with van der Waals surface area (Å²) in [4.78, 5) is 28.1. The Kier molecular flexibility index (Phi) is 10.1. The first-order valence-electron chi connectivity index (χ1n) is 17.3. The Morgan fingerprint density at radius 3 is 2.08 bits per heavy atom. The number of hydrogen-bond acceptors (Lipinski definition) is 9. The highest BCUT2D eigenvalue weighted by molar-refractivity contribution is 14.1. The molecule has 4 aromatic carbocycles. The Morgan fingerprint density at radius 2 is 1.51 bits per heavy atom. The van der Waals surface area contributed by atoms with Crippen molar-refractivity contribution < 1.29 is 28.1 Å². The molecule has 0 bridgehead atoms. The molecule has 0 radical (unpaired) electrons. The fourth-order valence-corrected chi connectivity index (χ4v) is 7.80. The second-order valence-corrected chi connectivity index (χ2v) is 13.8. The summed E-state index contributed by atoms with van der Waals surface area (Å²) in [5, 5.41) is 3.70. The summed E-state index contributed by atoms with van der Waals surface area (Å²) >= 11 is 1.96. The number of esters is 1. The Hall–Kier alpha value is -5.08. The van der Waals surface area contributed by atoms with Gasteiger partial charge in [-0.05, 0) is 54.8 Å². The molecule has 2 aromatic heterocycles. The second-order valence-electron chi connectivity index (χ2n) is 13.0. The third kappa shape index (κ3) is 6.48. The van der Waals surface area contributed by atoms with Crippen LogP contribution in [0.1, 0.15) is 54.0 Å². The van der Waals surface area contributed by atoms with Crippen LogP contribution in [-0.2, 0) is 15.0 Å². The van der Waals surface area contributed by atoms with E-state index in [1.165, 1.54) is 6.33 Å². The van der Waals surface area contributed by atoms with Crippen LogP contribution < -0.4 is 14.8 Å². The monoisotopic (exact) mass is 827 g/mol. The fraction of sp³-hybridized carbons (Fsp3) is 0.268. The Morgan fingerprint density at radius 1 is 0.925 bits per heavy atom. The number of imidazole rings is 1. The van der Waals surface area contributed by atoms with Gasteiger partial charge in [0.1, 0.15) is 11.3 Å². The summed E-state index contributed by atoms with van der Waals surface area (Å²) in [6, 6.07) is 36.5. The standard InChI is InChI=1S/C41H39FIN5O5/c1-5-51-35-33-34(48(26-44-33)37-39(3,27(2)40(42,25-43)53-37)52-36(49)28-15-9-6-10-16-28)45-38(46-35)47-41(29-17-11-7-12-18-29,30-19-13-8-14-20-30)31-21-23-32(50-4)24-22-31/h6-24,26-27,37H,5,25H2,1-4H3,(H,45,46,47)/t27-,37+,39+,40+/m0/s1. The molecule has 0 spiro atoms. The van der Waals surface area contributed by atoms with Gasteiger partial charge in [-0.1, -0.05) is 121 Å². The molecule has 0 saturated carbocycles. The lowest BCUT2D eigenvalue weighted by Crippen LogP contribution is -2.45. The number of ether oxygens (including phenoxy) is 4. The van der Waals surface area contributed by atoms with Crippen LogP contribution in [0.25, 0.3) is 11.2 Å². The maximum absolute atomic E-state index is 16.6. The van der Waals surface area contributed by atoms with Crippen molar-refractivity contribution in [3.8, 4) is 11.6 Å². The first-order valence-corrected chi connectivity index (χ1v) is 18.8. The molecule has 10 nitrogen and oxygen atoms in total. The number of hydrogen-bond donors (Lipinski definition) is 1. The number of nitrogens with one attached hydrogen (secondary N) is 1. The van der Waals surface area contributed by atoms with Crippen LogP contribution >= 0.6 is 22.6 Å². The molecule has 7 rings (SSSR count). The molecule has 1 saturated heterocycles. The molecule has 0 aliphatic carbocycles. The highest BCUT2D eigenvalue weighted by Gasteiger charge is 2.63. The average molecular weight is 828 g/mol. The lowest BCUT2D eigenvalue weighted by Gasteiger charge is -2.37. The second kappa shape index (κ2) is 14.7. The smallest absolute Gasteiger partial charge is 0.338 e. The predicted molar refractivity (Wildman–Crippen MR) is 208 cm³/mol. The van der Waals surface area contributed by atoms with E-state index in [2.05, 4.69) is 10.3 Å². The van der Waals surface area contributed by atoms with E-state index < -0.39 is 35.1 Å². The Bertz CT molecular complexity index is 2150. The van der Waals surface area contributed by atoms with E-state index in [0.717, 1.165) is 16.7 Å². The van der Waals surface area contributed by atoms with Crippen molar-refractivity contribution in [1.29, 1.82) is 0 Å². The van der Waals surface area contributed by atoms with Crippen LogP contribution in [-0.4, -0.2) is 55.1 Å². The molecule has 1 N–H and O–H groups in total.